The Bertz CT molecular complexity index is 1060. The zero-order valence-corrected chi connectivity index (χ0v) is 15.9. The molecule has 0 amide bonds. The van der Waals surface area contributed by atoms with Crippen molar-refractivity contribution in [3.63, 3.8) is 0 Å². The number of nitrogens with zero attached hydrogens (tertiary/aromatic N) is 2. The molecule has 0 aliphatic carbocycles. The molecule has 3 rings (SSSR count). The van der Waals surface area contributed by atoms with Gasteiger partial charge in [0.05, 0.1) is 17.6 Å². The lowest BCUT2D eigenvalue weighted by Gasteiger charge is -2.12. The summed E-state index contributed by atoms with van der Waals surface area (Å²) in [6, 6.07) is 10.4. The van der Waals surface area contributed by atoms with Gasteiger partial charge in [-0.3, -0.25) is 4.55 Å². The topological polar surface area (TPSA) is 72.2 Å². The number of benzene rings is 2. The smallest absolute Gasteiger partial charge is 0.271 e. The third-order valence-electron chi connectivity index (χ3n) is 4.22. The molecule has 0 bridgehead atoms. The van der Waals surface area contributed by atoms with Gasteiger partial charge in [0.1, 0.15) is 11.1 Å². The van der Waals surface area contributed by atoms with Crippen molar-refractivity contribution >= 4 is 44.4 Å². The highest BCUT2D eigenvalue weighted by atomic mass is 35.5. The Balaban J connectivity index is 2.11. The standard InChI is InChI=1S/C17H16Cl2N2O3S/c1-10(25(22,23)24)12-3-6-16-17(8-12)21(11(2)20-16)9-13-7-14(18)4-5-15(13)19/h3-8,10H,9H2,1-2H3,(H,22,23,24). The molecule has 0 fully saturated rings. The third-order valence-corrected chi connectivity index (χ3v) is 5.99. The maximum atomic E-state index is 11.4. The first-order valence-corrected chi connectivity index (χ1v) is 9.80. The Kier molecular flexibility index (Phi) is 4.81. The fourth-order valence-corrected chi connectivity index (χ4v) is 3.58. The van der Waals surface area contributed by atoms with Crippen LogP contribution in [0.4, 0.5) is 0 Å². The van der Waals surface area contributed by atoms with Gasteiger partial charge in [0.15, 0.2) is 0 Å². The first-order chi connectivity index (χ1) is 11.7. The van der Waals surface area contributed by atoms with Crippen molar-refractivity contribution in [1.29, 1.82) is 0 Å². The zero-order chi connectivity index (χ0) is 18.4. The van der Waals surface area contributed by atoms with E-state index in [-0.39, 0.29) is 0 Å². The number of hydrogen-bond acceptors (Lipinski definition) is 3. The highest BCUT2D eigenvalue weighted by Gasteiger charge is 2.21. The minimum Gasteiger partial charge on any atom is -0.324 e. The molecule has 3 aromatic rings. The van der Waals surface area contributed by atoms with Gasteiger partial charge < -0.3 is 4.57 Å². The van der Waals surface area contributed by atoms with E-state index in [9.17, 15) is 13.0 Å². The van der Waals surface area contributed by atoms with Crippen LogP contribution in [0.15, 0.2) is 36.4 Å². The Morgan fingerprint density at radius 3 is 2.60 bits per heavy atom. The van der Waals surface area contributed by atoms with Crippen LogP contribution in [-0.2, 0) is 16.7 Å². The van der Waals surface area contributed by atoms with Gasteiger partial charge in [-0.15, -0.1) is 0 Å². The first kappa shape index (κ1) is 18.2. The van der Waals surface area contributed by atoms with Crippen molar-refractivity contribution in [3.8, 4) is 0 Å². The van der Waals surface area contributed by atoms with E-state index in [1.54, 1.807) is 36.4 Å². The molecule has 0 aliphatic heterocycles. The van der Waals surface area contributed by atoms with Crippen LogP contribution >= 0.6 is 23.2 Å². The van der Waals surface area contributed by atoms with Crippen LogP contribution in [0.1, 0.15) is 29.1 Å². The van der Waals surface area contributed by atoms with Crippen LogP contribution in [-0.4, -0.2) is 22.5 Å². The molecule has 1 heterocycles. The highest BCUT2D eigenvalue weighted by Crippen LogP contribution is 2.28. The molecule has 1 aromatic heterocycles. The fraction of sp³-hybridized carbons (Fsp3) is 0.235. The van der Waals surface area contributed by atoms with Crippen LogP contribution in [0, 0.1) is 6.92 Å². The Morgan fingerprint density at radius 2 is 1.92 bits per heavy atom. The quantitative estimate of drug-likeness (QED) is 0.649. The maximum absolute atomic E-state index is 11.4. The fourth-order valence-electron chi connectivity index (χ4n) is 2.72. The molecule has 0 saturated heterocycles. The minimum atomic E-state index is -4.17. The second-order valence-corrected chi connectivity index (χ2v) is 8.47. The van der Waals surface area contributed by atoms with E-state index in [4.69, 9.17) is 23.2 Å². The van der Waals surface area contributed by atoms with Gasteiger partial charge in [0.25, 0.3) is 10.1 Å². The lowest BCUT2D eigenvalue weighted by Crippen LogP contribution is -2.09. The molecule has 1 unspecified atom stereocenters. The number of rotatable bonds is 4. The van der Waals surface area contributed by atoms with Gasteiger partial charge in [-0.2, -0.15) is 8.42 Å². The molecule has 5 nitrogen and oxygen atoms in total. The van der Waals surface area contributed by atoms with Gasteiger partial charge in [-0.1, -0.05) is 29.3 Å². The second kappa shape index (κ2) is 6.61. The number of imidazole rings is 1. The van der Waals surface area contributed by atoms with Crippen LogP contribution in [0.2, 0.25) is 10.0 Å². The number of aryl methyl sites for hydroxylation is 1. The van der Waals surface area contributed by atoms with Gasteiger partial charge >= 0.3 is 0 Å². The van der Waals surface area contributed by atoms with E-state index in [0.717, 1.165) is 22.4 Å². The van der Waals surface area contributed by atoms with E-state index in [1.807, 2.05) is 11.5 Å². The van der Waals surface area contributed by atoms with Crippen molar-refractivity contribution in [3.05, 3.63) is 63.4 Å². The molecule has 25 heavy (non-hydrogen) atoms. The summed E-state index contributed by atoms with van der Waals surface area (Å²) in [6.45, 7) is 3.76. The molecule has 0 saturated carbocycles. The Labute approximate surface area is 156 Å². The summed E-state index contributed by atoms with van der Waals surface area (Å²) in [4.78, 5) is 4.50. The summed E-state index contributed by atoms with van der Waals surface area (Å²) in [5.41, 5.74) is 2.83. The molecule has 0 spiro atoms. The van der Waals surface area contributed by atoms with Gasteiger partial charge in [-0.25, -0.2) is 4.98 Å². The van der Waals surface area contributed by atoms with Crippen molar-refractivity contribution in [1.82, 2.24) is 9.55 Å². The van der Waals surface area contributed by atoms with Crippen molar-refractivity contribution in [2.75, 3.05) is 0 Å². The lowest BCUT2D eigenvalue weighted by atomic mass is 10.1. The zero-order valence-electron chi connectivity index (χ0n) is 13.6. The number of aromatic nitrogens is 2. The molecule has 1 atom stereocenters. The summed E-state index contributed by atoms with van der Waals surface area (Å²) in [6.07, 6.45) is 0. The number of fused-ring (bicyclic) bond motifs is 1. The van der Waals surface area contributed by atoms with E-state index in [2.05, 4.69) is 4.98 Å². The summed E-state index contributed by atoms with van der Waals surface area (Å²) < 4.78 is 34.1. The molecule has 132 valence electrons. The van der Waals surface area contributed by atoms with E-state index in [1.165, 1.54) is 6.92 Å². The summed E-state index contributed by atoms with van der Waals surface area (Å²) in [5, 5.41) is 0.158. The molecular weight excluding hydrogens is 383 g/mol. The summed E-state index contributed by atoms with van der Waals surface area (Å²) in [7, 11) is -4.17. The average molecular weight is 399 g/mol. The predicted octanol–water partition coefficient (Wildman–Crippen LogP) is 4.65. The Morgan fingerprint density at radius 1 is 1.20 bits per heavy atom. The molecule has 1 N–H and O–H groups in total. The third kappa shape index (κ3) is 3.67. The largest absolute Gasteiger partial charge is 0.324 e. The Hall–Kier alpha value is -1.60. The molecular formula is C17H16Cl2N2O3S. The van der Waals surface area contributed by atoms with Gasteiger partial charge in [-0.05, 0) is 55.3 Å². The van der Waals surface area contributed by atoms with Gasteiger partial charge in [0.2, 0.25) is 0 Å². The molecule has 2 aromatic carbocycles. The summed E-state index contributed by atoms with van der Waals surface area (Å²) >= 11 is 12.3. The van der Waals surface area contributed by atoms with Crippen molar-refractivity contribution in [2.45, 2.75) is 25.6 Å². The highest BCUT2D eigenvalue weighted by molar-refractivity contribution is 7.86. The predicted molar refractivity (Wildman–Crippen MR) is 100.0 cm³/mol. The monoisotopic (exact) mass is 398 g/mol. The first-order valence-electron chi connectivity index (χ1n) is 7.54. The SMILES string of the molecule is Cc1nc2ccc(C(C)S(=O)(=O)O)cc2n1Cc1cc(Cl)ccc1Cl. The van der Waals surface area contributed by atoms with Crippen molar-refractivity contribution in [2.24, 2.45) is 0 Å². The van der Waals surface area contributed by atoms with Crippen molar-refractivity contribution < 1.29 is 13.0 Å². The minimum absolute atomic E-state index is 0.450. The maximum Gasteiger partial charge on any atom is 0.271 e. The van der Waals surface area contributed by atoms with E-state index < -0.39 is 15.4 Å². The molecule has 8 heteroatoms. The molecule has 0 aliphatic rings. The normalized spacial score (nSPS) is 13.3. The van der Waals surface area contributed by atoms with Gasteiger partial charge in [0, 0.05) is 10.0 Å². The lowest BCUT2D eigenvalue weighted by molar-refractivity contribution is 0.472. The van der Waals surface area contributed by atoms with Crippen LogP contribution in [0.25, 0.3) is 11.0 Å². The second-order valence-electron chi connectivity index (χ2n) is 5.89. The number of hydrogen-bond donors (Lipinski definition) is 1. The number of halogens is 2. The van der Waals surface area contributed by atoms with Crippen LogP contribution in [0.3, 0.4) is 0 Å². The van der Waals surface area contributed by atoms with E-state index >= 15 is 0 Å². The average Bonchev–Trinajstić information content (AvgIpc) is 2.84. The van der Waals surface area contributed by atoms with Crippen LogP contribution < -0.4 is 0 Å². The molecule has 0 radical (unpaired) electrons. The van der Waals surface area contributed by atoms with E-state index in [0.29, 0.717) is 22.2 Å². The van der Waals surface area contributed by atoms with Crippen LogP contribution in [0.5, 0.6) is 0 Å². The summed E-state index contributed by atoms with van der Waals surface area (Å²) in [5.74, 6) is 0.766.